The van der Waals surface area contributed by atoms with E-state index in [0.29, 0.717) is 0 Å². The Balaban J connectivity index is 1.93. The second kappa shape index (κ2) is 8.39. The molecule has 2 aromatic rings. The van der Waals surface area contributed by atoms with Crippen LogP contribution in [0.1, 0.15) is 6.23 Å². The first kappa shape index (κ1) is 24.1. The van der Waals surface area contributed by atoms with E-state index in [2.05, 4.69) is 28.0 Å². The second-order valence-corrected chi connectivity index (χ2v) is 9.80. The van der Waals surface area contributed by atoms with Crippen molar-refractivity contribution in [2.45, 2.75) is 24.5 Å². The van der Waals surface area contributed by atoms with Crippen molar-refractivity contribution in [3.63, 3.8) is 0 Å². The number of fused-ring (bicyclic) bond motifs is 1. The van der Waals surface area contributed by atoms with Crippen LogP contribution in [-0.4, -0.2) is 77.2 Å². The van der Waals surface area contributed by atoms with Crippen molar-refractivity contribution in [2.75, 3.05) is 12.3 Å². The predicted molar refractivity (Wildman–Crippen MR) is 95.0 cm³/mol. The van der Waals surface area contributed by atoms with E-state index in [1.54, 1.807) is 0 Å². The van der Waals surface area contributed by atoms with Crippen LogP contribution in [0.4, 0.5) is 5.82 Å². The molecule has 1 saturated heterocycles. The van der Waals surface area contributed by atoms with E-state index < -0.39 is 57.2 Å². The van der Waals surface area contributed by atoms with E-state index >= 15 is 0 Å². The van der Waals surface area contributed by atoms with Crippen LogP contribution in [0.5, 0.6) is 0 Å². The van der Waals surface area contributed by atoms with Crippen molar-refractivity contribution >= 4 is 43.0 Å². The highest BCUT2D eigenvalue weighted by atomic mass is 32.3. The maximum atomic E-state index is 11.9. The molecule has 31 heavy (non-hydrogen) atoms. The maximum Gasteiger partial charge on any atom is 0.489 e. The summed E-state index contributed by atoms with van der Waals surface area (Å²) < 4.78 is 71.9. The highest BCUT2D eigenvalue weighted by Crippen LogP contribution is 2.50. The van der Waals surface area contributed by atoms with Crippen LogP contribution in [0.15, 0.2) is 12.7 Å². The maximum absolute atomic E-state index is 11.9. The van der Waals surface area contributed by atoms with Crippen molar-refractivity contribution in [1.82, 2.24) is 19.5 Å². The van der Waals surface area contributed by atoms with Crippen molar-refractivity contribution in [3.8, 4) is 0 Å². The second-order valence-electron chi connectivity index (χ2n) is 5.97. The number of phosphoric ester groups is 2. The smallest absolute Gasteiger partial charge is 0.386 e. The summed E-state index contributed by atoms with van der Waals surface area (Å²) in [5.41, 5.74) is 5.82. The lowest BCUT2D eigenvalue weighted by Crippen LogP contribution is -2.36. The van der Waals surface area contributed by atoms with Gasteiger partial charge in [0.15, 0.2) is 17.7 Å². The molecule has 3 heterocycles. The van der Waals surface area contributed by atoms with E-state index in [9.17, 15) is 27.5 Å². The highest BCUT2D eigenvalue weighted by Gasteiger charge is 2.50. The van der Waals surface area contributed by atoms with Gasteiger partial charge in [-0.3, -0.25) is 18.2 Å². The molecule has 18 nitrogen and oxygen atoms in total. The molecular formula is C10H15N5O13P2S. The van der Waals surface area contributed by atoms with E-state index in [1.165, 1.54) is 0 Å². The third-order valence-corrected chi connectivity index (χ3v) is 6.32. The Hall–Kier alpha value is -1.60. The average molecular weight is 507 g/mol. The van der Waals surface area contributed by atoms with Crippen LogP contribution in [0.2, 0.25) is 0 Å². The molecule has 1 aliphatic rings. The van der Waals surface area contributed by atoms with Gasteiger partial charge < -0.3 is 30.3 Å². The van der Waals surface area contributed by atoms with E-state index in [-0.39, 0.29) is 17.0 Å². The molecule has 1 fully saturated rings. The summed E-state index contributed by atoms with van der Waals surface area (Å²) >= 11 is 0. The number of nitrogens with two attached hydrogens (primary N) is 1. The number of aromatic nitrogens is 4. The molecule has 0 amide bonds. The van der Waals surface area contributed by atoms with Gasteiger partial charge >= 0.3 is 26.0 Å². The fraction of sp³-hybridized carbons (Fsp3) is 0.500. The third kappa shape index (κ3) is 5.80. The number of nitrogens with zero attached hydrogens (tertiary/aromatic N) is 4. The summed E-state index contributed by atoms with van der Waals surface area (Å²) in [6.45, 7) is -0.974. The number of imidazole rings is 1. The lowest BCUT2D eigenvalue weighted by atomic mass is 10.1. The number of hydrogen-bond acceptors (Lipinski definition) is 13. The summed E-state index contributed by atoms with van der Waals surface area (Å²) in [4.78, 5) is 38.9. The lowest BCUT2D eigenvalue weighted by Gasteiger charge is -2.22. The number of ether oxygens (including phenoxy) is 1. The molecule has 7 N–H and O–H groups in total. The Morgan fingerprint density at radius 2 is 1.90 bits per heavy atom. The number of hydrogen-bond donors (Lipinski definition) is 6. The van der Waals surface area contributed by atoms with Crippen molar-refractivity contribution in [3.05, 3.63) is 12.7 Å². The number of rotatable bonds is 8. The zero-order valence-electron chi connectivity index (χ0n) is 14.8. The zero-order valence-corrected chi connectivity index (χ0v) is 17.4. The van der Waals surface area contributed by atoms with Crippen molar-refractivity contribution < 1.29 is 59.6 Å². The molecule has 3 rings (SSSR count). The summed E-state index contributed by atoms with van der Waals surface area (Å²) in [6, 6.07) is 0. The van der Waals surface area contributed by atoms with Gasteiger partial charge in [-0.05, 0) is 0 Å². The van der Waals surface area contributed by atoms with Gasteiger partial charge in [0.1, 0.15) is 30.2 Å². The zero-order chi connectivity index (χ0) is 23.2. The molecular weight excluding hydrogens is 492 g/mol. The van der Waals surface area contributed by atoms with Crippen LogP contribution >= 0.6 is 15.6 Å². The molecule has 0 spiro atoms. The van der Waals surface area contributed by atoms with Crippen LogP contribution in [0, 0.1) is 0 Å². The normalized spacial score (nSPS) is 26.9. The first-order valence-electron chi connectivity index (χ1n) is 7.83. The minimum Gasteiger partial charge on any atom is -0.386 e. The fourth-order valence-corrected chi connectivity index (χ4v) is 4.73. The minimum atomic E-state index is -5.56. The monoisotopic (exact) mass is 507 g/mol. The number of phosphoric acid groups is 2. The fourth-order valence-electron chi connectivity index (χ4n) is 2.73. The largest absolute Gasteiger partial charge is 0.489 e. The van der Waals surface area contributed by atoms with Gasteiger partial charge in [0.25, 0.3) is 0 Å². The molecule has 0 bridgehead atoms. The molecule has 2 aromatic heterocycles. The van der Waals surface area contributed by atoms with Gasteiger partial charge in [-0.15, -0.1) is 3.97 Å². The Kier molecular flexibility index (Phi) is 6.51. The summed E-state index contributed by atoms with van der Waals surface area (Å²) in [5, 5.41) is 10.6. The Morgan fingerprint density at radius 1 is 1.23 bits per heavy atom. The van der Waals surface area contributed by atoms with Gasteiger partial charge in [-0.2, -0.15) is 8.42 Å². The number of anilines is 1. The Labute approximate surface area is 172 Å². The van der Waals surface area contributed by atoms with Crippen LogP contribution < -0.4 is 5.73 Å². The number of aliphatic hydroxyl groups is 1. The molecule has 174 valence electrons. The number of nitrogen functional groups attached to an aromatic ring is 1. The van der Waals surface area contributed by atoms with Crippen molar-refractivity contribution in [2.24, 2.45) is 0 Å². The molecule has 0 aliphatic carbocycles. The minimum absolute atomic E-state index is 0.0215. The van der Waals surface area contributed by atoms with Crippen molar-refractivity contribution in [1.29, 1.82) is 0 Å². The molecule has 21 heteroatoms. The average Bonchev–Trinajstić information content (AvgIpc) is 3.13. The molecule has 0 aromatic carbocycles. The van der Waals surface area contributed by atoms with Crippen LogP contribution in [0.25, 0.3) is 11.2 Å². The Morgan fingerprint density at radius 3 is 2.52 bits per heavy atom. The molecule has 5 atom stereocenters. The summed E-state index contributed by atoms with van der Waals surface area (Å²) in [6.07, 6.45) is -4.77. The van der Waals surface area contributed by atoms with Crippen LogP contribution in [0.3, 0.4) is 0 Å². The lowest BCUT2D eigenvalue weighted by molar-refractivity contribution is -0.0501. The van der Waals surface area contributed by atoms with Gasteiger partial charge in [0, 0.05) is 0 Å². The molecule has 0 saturated carbocycles. The summed E-state index contributed by atoms with van der Waals surface area (Å²) in [7, 11) is -16.1. The predicted octanol–water partition coefficient (Wildman–Crippen LogP) is -1.92. The molecule has 1 aliphatic heterocycles. The quantitative estimate of drug-likeness (QED) is 0.168. The highest BCUT2D eigenvalue weighted by molar-refractivity contribution is 7.85. The van der Waals surface area contributed by atoms with E-state index in [1.807, 2.05) is 0 Å². The number of aliphatic hydroxyl groups excluding tert-OH is 1. The third-order valence-electron chi connectivity index (χ3n) is 3.82. The van der Waals surface area contributed by atoms with E-state index in [0.717, 1.165) is 17.2 Å². The molecule has 1 unspecified atom stereocenters. The Bertz CT molecular complexity index is 1170. The SMILES string of the molecule is Nc1ncnc2c1ncn2[C@@H]1O[C@H](COP(=O)(O)O)[C@@H](OP(=O)(O)OS(=O)(=O)O)[C@H]1O. The van der Waals surface area contributed by atoms with Gasteiger partial charge in [0.2, 0.25) is 0 Å². The first-order valence-corrected chi connectivity index (χ1v) is 12.2. The van der Waals surface area contributed by atoms with Crippen LogP contribution in [-0.2, 0) is 37.3 Å². The van der Waals surface area contributed by atoms with E-state index in [4.69, 9.17) is 24.8 Å². The first-order chi connectivity index (χ1) is 14.2. The topological polar surface area (TPSA) is 276 Å². The standard InChI is InChI=1S/C10H15N5O13P2S/c11-8-5-9(13-2-12-8)15(3-14-5)10-6(16)7(4(26-10)1-25-29(17,18)19)27-30(20,21)28-31(22,23)24/h2-4,6-7,10,16H,1H2,(H,20,21)(H2,11,12,13)(H2,17,18,19)(H,22,23,24)/t4-,6-,7-,10-/m1/s1. The van der Waals surface area contributed by atoms with Gasteiger partial charge in [-0.25, -0.2) is 24.1 Å². The van der Waals surface area contributed by atoms with Gasteiger partial charge in [-0.1, -0.05) is 0 Å². The van der Waals surface area contributed by atoms with Gasteiger partial charge in [0.05, 0.1) is 12.9 Å². The summed E-state index contributed by atoms with van der Waals surface area (Å²) in [5.74, 6) is -0.0215. The molecule has 0 radical (unpaired) electrons.